The topological polar surface area (TPSA) is 223 Å². The number of nitrogens with zero attached hydrogens (tertiary/aromatic N) is 10. The van der Waals surface area contributed by atoms with Crippen molar-refractivity contribution in [2.24, 2.45) is 11.8 Å². The third-order valence-electron chi connectivity index (χ3n) is 13.5. The van der Waals surface area contributed by atoms with Gasteiger partial charge in [0.15, 0.2) is 57.1 Å². The summed E-state index contributed by atoms with van der Waals surface area (Å²) in [5.41, 5.74) is 15.5. The largest absolute Gasteiger partial charge is 0.454 e. The van der Waals surface area contributed by atoms with Crippen molar-refractivity contribution >= 4 is 62.0 Å². The molecule has 2 saturated heterocycles. The summed E-state index contributed by atoms with van der Waals surface area (Å²) in [5, 5.41) is 0. The first-order valence-electron chi connectivity index (χ1n) is 22.9. The number of benzene rings is 2. The van der Waals surface area contributed by atoms with Crippen LogP contribution in [-0.2, 0) is 27.8 Å². The van der Waals surface area contributed by atoms with Gasteiger partial charge in [-0.05, 0) is 68.1 Å². The van der Waals surface area contributed by atoms with E-state index in [1.165, 1.54) is 24.3 Å². The number of likely N-dealkylation sites (tertiary alicyclic amines) is 1. The molecule has 2 fully saturated rings. The molecule has 0 spiro atoms. The highest BCUT2D eigenvalue weighted by atomic mass is 32.2. The molecular formula is C47H51FN12O7S2. The number of hydrogen-bond donors (Lipinski definition) is 2. The van der Waals surface area contributed by atoms with Crippen LogP contribution < -0.4 is 40.2 Å². The van der Waals surface area contributed by atoms with Gasteiger partial charge in [0.1, 0.15) is 24.4 Å². The molecular weight excluding hydrogens is 928 g/mol. The van der Waals surface area contributed by atoms with Crippen molar-refractivity contribution in [3.63, 3.8) is 0 Å². The number of imidazole rings is 1. The Balaban J connectivity index is 0.833. The van der Waals surface area contributed by atoms with Crippen LogP contribution in [0, 0.1) is 42.6 Å². The monoisotopic (exact) mass is 978 g/mol. The van der Waals surface area contributed by atoms with Gasteiger partial charge in [-0.3, -0.25) is 4.79 Å². The Kier molecular flexibility index (Phi) is 12.7. The molecule has 3 aromatic heterocycles. The first-order valence-corrected chi connectivity index (χ1v) is 25.6. The van der Waals surface area contributed by atoms with Gasteiger partial charge in [-0.15, -0.1) is 12.8 Å². The van der Waals surface area contributed by atoms with Crippen molar-refractivity contribution in [3.8, 4) is 47.7 Å². The van der Waals surface area contributed by atoms with E-state index in [0.717, 1.165) is 49.0 Å². The summed E-state index contributed by atoms with van der Waals surface area (Å²) in [4.78, 5) is 42.9. The lowest BCUT2D eigenvalue weighted by Gasteiger charge is -2.35. The highest BCUT2D eigenvalue weighted by molar-refractivity contribution is 8.00. The van der Waals surface area contributed by atoms with Crippen LogP contribution in [0.2, 0.25) is 0 Å². The number of nitrogens with two attached hydrogens (primary N) is 2. The molecule has 8 heterocycles. The number of halogens is 1. The number of ether oxygens (including phenoxy) is 4. The highest BCUT2D eigenvalue weighted by Gasteiger charge is 2.43. The molecule has 3 unspecified atom stereocenters. The van der Waals surface area contributed by atoms with Gasteiger partial charge in [0.2, 0.25) is 29.5 Å². The molecule has 19 nitrogen and oxygen atoms in total. The van der Waals surface area contributed by atoms with Crippen molar-refractivity contribution in [1.29, 1.82) is 0 Å². The molecule has 2 aromatic carbocycles. The van der Waals surface area contributed by atoms with Crippen LogP contribution in [0.3, 0.4) is 0 Å². The fourth-order valence-electron chi connectivity index (χ4n) is 9.97. The predicted molar refractivity (Wildman–Crippen MR) is 257 cm³/mol. The van der Waals surface area contributed by atoms with Crippen molar-refractivity contribution in [1.82, 2.24) is 38.7 Å². The molecule has 0 aliphatic carbocycles. The number of amides is 1. The van der Waals surface area contributed by atoms with E-state index in [1.807, 2.05) is 26.5 Å². The number of hydrogen-bond acceptors (Lipinski definition) is 17. The molecule has 69 heavy (non-hydrogen) atoms. The fourth-order valence-corrected chi connectivity index (χ4v) is 12.2. The second kappa shape index (κ2) is 19.0. The molecule has 4 N–H and O–H groups in total. The highest BCUT2D eigenvalue weighted by Crippen LogP contribution is 2.49. The molecule has 5 aromatic rings. The molecule has 360 valence electrons. The SMILES string of the molecule is C#Cc1cc2c(cc1Cc1nc3c(N)nc(F)nc3n1CCCCC1CCN(C(=O)CN3c4c(N)ncnc4N(CCC4CCCN(S(C)(=O)=O)C4)C3Sc3cc4c(cc3C#C)OCO4)C1)OCO2. The number of unbranched alkanes of at least 4 members (excludes halogenated alkanes) is 1. The molecule has 5 aliphatic rings. The summed E-state index contributed by atoms with van der Waals surface area (Å²) >= 11 is 1.46. The summed E-state index contributed by atoms with van der Waals surface area (Å²) in [6.07, 6.45) is 19.6. The van der Waals surface area contributed by atoms with E-state index < -0.39 is 21.6 Å². The Labute approximate surface area is 403 Å². The Morgan fingerprint density at radius 3 is 2.33 bits per heavy atom. The average Bonchev–Trinajstić information content (AvgIpc) is 4.19. The number of fused-ring (bicyclic) bond motifs is 4. The molecule has 3 atom stereocenters. The van der Waals surface area contributed by atoms with Gasteiger partial charge < -0.3 is 49.7 Å². The molecule has 5 aliphatic heterocycles. The number of anilines is 4. The molecule has 0 saturated carbocycles. The van der Waals surface area contributed by atoms with Gasteiger partial charge in [0.05, 0.1) is 6.26 Å². The molecule has 1 amide bonds. The van der Waals surface area contributed by atoms with Crippen LogP contribution in [0.25, 0.3) is 11.2 Å². The van der Waals surface area contributed by atoms with Crippen molar-refractivity contribution in [2.45, 2.75) is 68.3 Å². The van der Waals surface area contributed by atoms with Gasteiger partial charge in [0, 0.05) is 73.8 Å². The van der Waals surface area contributed by atoms with Gasteiger partial charge in [-0.25, -0.2) is 27.7 Å². The maximum atomic E-state index is 14.6. The van der Waals surface area contributed by atoms with E-state index in [9.17, 15) is 17.6 Å². The van der Waals surface area contributed by atoms with E-state index in [4.69, 9.17) is 53.2 Å². The first-order chi connectivity index (χ1) is 33.3. The minimum atomic E-state index is -3.34. The van der Waals surface area contributed by atoms with Gasteiger partial charge in [0.25, 0.3) is 0 Å². The number of aromatic nitrogens is 6. The number of piperidine rings is 1. The van der Waals surface area contributed by atoms with Crippen molar-refractivity contribution in [2.75, 3.05) is 80.4 Å². The maximum absolute atomic E-state index is 14.6. The van der Waals surface area contributed by atoms with Crippen LogP contribution in [0.15, 0.2) is 35.5 Å². The number of terminal acetylenes is 2. The van der Waals surface area contributed by atoms with E-state index in [0.29, 0.717) is 115 Å². The van der Waals surface area contributed by atoms with Crippen LogP contribution in [-0.4, -0.2) is 118 Å². The zero-order valence-electron chi connectivity index (χ0n) is 38.0. The normalized spacial score (nSPS) is 19.6. The summed E-state index contributed by atoms with van der Waals surface area (Å²) in [7, 11) is -3.34. The van der Waals surface area contributed by atoms with Crippen molar-refractivity contribution < 1.29 is 36.6 Å². The smallest absolute Gasteiger partial charge is 0.312 e. The van der Waals surface area contributed by atoms with E-state index in [1.54, 1.807) is 16.4 Å². The second-order valence-corrected chi connectivity index (χ2v) is 20.9. The van der Waals surface area contributed by atoms with Gasteiger partial charge >= 0.3 is 6.08 Å². The lowest BCUT2D eigenvalue weighted by molar-refractivity contribution is -0.128. The summed E-state index contributed by atoms with van der Waals surface area (Å²) in [6, 6.07) is 7.25. The Morgan fingerprint density at radius 2 is 1.58 bits per heavy atom. The minimum Gasteiger partial charge on any atom is -0.454 e. The summed E-state index contributed by atoms with van der Waals surface area (Å²) in [6.45, 7) is 3.29. The zero-order valence-corrected chi connectivity index (χ0v) is 39.6. The van der Waals surface area contributed by atoms with Crippen LogP contribution in [0.4, 0.5) is 27.5 Å². The second-order valence-electron chi connectivity index (χ2n) is 17.9. The zero-order chi connectivity index (χ0) is 48.0. The predicted octanol–water partition coefficient (Wildman–Crippen LogP) is 4.41. The first kappa shape index (κ1) is 46.0. The molecule has 22 heteroatoms. The fraction of sp³-hybridized carbons (Fsp3) is 0.447. The Morgan fingerprint density at radius 1 is 0.855 bits per heavy atom. The van der Waals surface area contributed by atoms with Gasteiger partial charge in [-0.2, -0.15) is 14.4 Å². The maximum Gasteiger partial charge on any atom is 0.312 e. The van der Waals surface area contributed by atoms with E-state index in [-0.39, 0.29) is 49.5 Å². The standard InChI is InChI=1S/C47H51FN12O7S2/c1-4-30-17-33-35(66-26-64-33)19-32(30)20-38-53-40-42(49)54-46(48)55-44(40)58(38)14-7-6-9-28-11-15-56(22-28)39(61)24-60-41-43(50)51-25-52-45(41)59(16-12-29-10-8-13-57(23-29)69(3,62)63)47(60)68-37-21-36-34(65-27-67-36)18-31(37)5-2/h1-2,17-19,21,25,28-29,47H,6-16,20,22-24,26-27H2,3H3,(H2,49,54,55)(H2,50,51,52). The third-order valence-corrected chi connectivity index (χ3v) is 16.1. The molecule has 10 rings (SSSR count). The van der Waals surface area contributed by atoms with Gasteiger partial charge in [-0.1, -0.05) is 30.0 Å². The average molecular weight is 979 g/mol. The number of nitrogen functional groups attached to an aromatic ring is 2. The Hall–Kier alpha value is -6.75. The number of aryl methyl sites for hydroxylation is 1. The number of rotatable bonds is 15. The summed E-state index contributed by atoms with van der Waals surface area (Å²) < 4.78 is 65.5. The number of carbonyl (C=O) groups is 1. The molecule has 0 radical (unpaired) electrons. The Bertz CT molecular complexity index is 3030. The number of carbonyl (C=O) groups excluding carboxylic acids is 1. The summed E-state index contributed by atoms with van der Waals surface area (Å²) in [5.74, 6) is 9.49. The molecule has 0 bridgehead atoms. The van der Waals surface area contributed by atoms with E-state index in [2.05, 4.69) is 31.7 Å². The quantitative estimate of drug-likeness (QED) is 0.0842. The number of thioether (sulfide) groups is 1. The van der Waals surface area contributed by atoms with Crippen molar-refractivity contribution in [3.05, 3.63) is 59.2 Å². The minimum absolute atomic E-state index is 0.00449. The third kappa shape index (κ3) is 9.28. The van der Waals surface area contributed by atoms with Crippen LogP contribution >= 0.6 is 11.8 Å². The van der Waals surface area contributed by atoms with Crippen LogP contribution in [0.5, 0.6) is 23.0 Å². The lowest BCUT2D eigenvalue weighted by Crippen LogP contribution is -2.47. The van der Waals surface area contributed by atoms with E-state index >= 15 is 0 Å². The lowest BCUT2D eigenvalue weighted by atomic mass is 9.96. The number of sulfonamides is 1. The van der Waals surface area contributed by atoms with Crippen LogP contribution in [0.1, 0.15) is 67.5 Å².